The summed E-state index contributed by atoms with van der Waals surface area (Å²) in [7, 11) is 1.60. The molecule has 0 saturated heterocycles. The van der Waals surface area contributed by atoms with E-state index in [-0.39, 0.29) is 32.9 Å². The SMILES string of the molecule is COc1ccc(CCn2c(=N)c(C(=O)Nc3nnc(SCc4ccccc4F)s3)cc3c(=O)n4ccccc4nc32)cc1. The Morgan fingerprint density at radius 2 is 1.88 bits per heavy atom. The Labute approximate surface area is 252 Å². The molecule has 2 aromatic carbocycles. The van der Waals surface area contributed by atoms with E-state index in [0.29, 0.717) is 39.9 Å². The number of ether oxygens (including phenoxy) is 1. The number of fused-ring (bicyclic) bond motifs is 2. The van der Waals surface area contributed by atoms with Gasteiger partial charge >= 0.3 is 0 Å². The van der Waals surface area contributed by atoms with Crippen molar-refractivity contribution < 1.29 is 13.9 Å². The van der Waals surface area contributed by atoms with Crippen LogP contribution in [0.4, 0.5) is 9.52 Å². The molecule has 4 heterocycles. The number of hydrogen-bond donors (Lipinski definition) is 2. The number of aryl methyl sites for hydroxylation is 2. The second kappa shape index (κ2) is 12.2. The van der Waals surface area contributed by atoms with Crippen LogP contribution in [0.5, 0.6) is 5.75 Å². The Morgan fingerprint density at radius 3 is 2.67 bits per heavy atom. The number of nitrogens with zero attached hydrogens (tertiary/aromatic N) is 5. The lowest BCUT2D eigenvalue weighted by atomic mass is 10.1. The highest BCUT2D eigenvalue weighted by atomic mass is 32.2. The number of halogens is 1. The van der Waals surface area contributed by atoms with Gasteiger partial charge in [0.2, 0.25) is 5.13 Å². The van der Waals surface area contributed by atoms with Gasteiger partial charge in [-0.05, 0) is 53.9 Å². The number of methoxy groups -OCH3 is 1. The van der Waals surface area contributed by atoms with Crippen LogP contribution < -0.4 is 21.1 Å². The van der Waals surface area contributed by atoms with Crippen molar-refractivity contribution in [1.29, 1.82) is 5.41 Å². The number of anilines is 1. The molecule has 0 aliphatic rings. The quantitative estimate of drug-likeness (QED) is 0.135. The van der Waals surface area contributed by atoms with Crippen LogP contribution >= 0.6 is 23.1 Å². The molecule has 0 aliphatic heterocycles. The normalized spacial score (nSPS) is 11.2. The summed E-state index contributed by atoms with van der Waals surface area (Å²) in [5, 5.41) is 20.3. The number of benzene rings is 2. The molecule has 0 saturated carbocycles. The first kappa shape index (κ1) is 28.2. The summed E-state index contributed by atoms with van der Waals surface area (Å²) in [6.07, 6.45) is 2.14. The third kappa shape index (κ3) is 5.90. The summed E-state index contributed by atoms with van der Waals surface area (Å²) in [6, 6.07) is 20.7. The molecule has 6 aromatic rings. The third-order valence-corrected chi connectivity index (χ3v) is 8.80. The van der Waals surface area contributed by atoms with Crippen molar-refractivity contribution in [2.45, 2.75) is 23.1 Å². The minimum Gasteiger partial charge on any atom is -0.497 e. The number of thioether (sulfide) groups is 1. The van der Waals surface area contributed by atoms with Crippen LogP contribution in [0.1, 0.15) is 21.5 Å². The smallest absolute Gasteiger partial charge is 0.267 e. The number of rotatable bonds is 9. The Morgan fingerprint density at radius 1 is 1.09 bits per heavy atom. The van der Waals surface area contributed by atoms with Crippen molar-refractivity contribution in [3.63, 3.8) is 0 Å². The van der Waals surface area contributed by atoms with Crippen molar-refractivity contribution in [1.82, 2.24) is 24.1 Å². The first-order valence-electron chi connectivity index (χ1n) is 13.1. The van der Waals surface area contributed by atoms with Gasteiger partial charge in [0.1, 0.15) is 28.3 Å². The summed E-state index contributed by atoms with van der Waals surface area (Å²) in [5.74, 6) is 0.180. The summed E-state index contributed by atoms with van der Waals surface area (Å²) in [6.45, 7) is 0.299. The number of amides is 1. The van der Waals surface area contributed by atoms with Gasteiger partial charge in [0, 0.05) is 18.5 Å². The number of carbonyl (C=O) groups excluding carboxylic acids is 1. The fraction of sp³-hybridized carbons (Fsp3) is 0.133. The fourth-order valence-electron chi connectivity index (χ4n) is 4.55. The molecule has 1 amide bonds. The molecule has 0 unspecified atom stereocenters. The zero-order valence-corrected chi connectivity index (χ0v) is 24.4. The zero-order valence-electron chi connectivity index (χ0n) is 22.8. The average Bonchev–Trinajstić information content (AvgIpc) is 3.47. The highest BCUT2D eigenvalue weighted by molar-refractivity contribution is 8.00. The number of hydrogen-bond acceptors (Lipinski definition) is 9. The second-order valence-corrected chi connectivity index (χ2v) is 11.6. The Hall–Kier alpha value is -4.88. The molecule has 0 radical (unpaired) electrons. The second-order valence-electron chi connectivity index (χ2n) is 9.45. The summed E-state index contributed by atoms with van der Waals surface area (Å²) in [5.41, 5.74) is 1.82. The van der Waals surface area contributed by atoms with Gasteiger partial charge in [-0.1, -0.05) is 59.5 Å². The zero-order chi connectivity index (χ0) is 29.9. The molecule has 10 nitrogen and oxygen atoms in total. The van der Waals surface area contributed by atoms with Crippen molar-refractivity contribution >= 4 is 50.8 Å². The fourth-order valence-corrected chi connectivity index (χ4v) is 6.28. The van der Waals surface area contributed by atoms with E-state index in [1.54, 1.807) is 54.3 Å². The van der Waals surface area contributed by atoms with Gasteiger partial charge in [0.25, 0.3) is 11.5 Å². The third-order valence-electron chi connectivity index (χ3n) is 6.78. The molecule has 2 N–H and O–H groups in total. The van der Waals surface area contributed by atoms with Crippen molar-refractivity contribution in [3.05, 3.63) is 117 Å². The Kier molecular flexibility index (Phi) is 7.99. The van der Waals surface area contributed by atoms with Crippen molar-refractivity contribution in [3.8, 4) is 5.75 Å². The van der Waals surface area contributed by atoms with Gasteiger partial charge in [-0.25, -0.2) is 9.37 Å². The monoisotopic (exact) mass is 613 g/mol. The molecule has 0 atom stereocenters. The van der Waals surface area contributed by atoms with E-state index in [1.807, 2.05) is 24.3 Å². The molecule has 0 bridgehead atoms. The van der Waals surface area contributed by atoms with E-state index >= 15 is 0 Å². The maximum absolute atomic E-state index is 14.0. The summed E-state index contributed by atoms with van der Waals surface area (Å²) in [4.78, 5) is 31.7. The van der Waals surface area contributed by atoms with Gasteiger partial charge in [0.05, 0.1) is 18.1 Å². The van der Waals surface area contributed by atoms with E-state index < -0.39 is 5.91 Å². The highest BCUT2D eigenvalue weighted by Gasteiger charge is 2.19. The molecule has 43 heavy (non-hydrogen) atoms. The molecule has 216 valence electrons. The molecular formula is C30H24FN7O3S2. The van der Waals surface area contributed by atoms with Gasteiger partial charge < -0.3 is 9.30 Å². The van der Waals surface area contributed by atoms with Crippen LogP contribution in [0.25, 0.3) is 16.7 Å². The van der Waals surface area contributed by atoms with Gasteiger partial charge in [-0.3, -0.25) is 24.7 Å². The Bertz CT molecular complexity index is 2090. The first-order chi connectivity index (χ1) is 20.9. The molecule has 4 aromatic heterocycles. The largest absolute Gasteiger partial charge is 0.497 e. The lowest BCUT2D eigenvalue weighted by Crippen LogP contribution is -2.32. The first-order valence-corrected chi connectivity index (χ1v) is 14.9. The molecule has 0 spiro atoms. The predicted octanol–water partition coefficient (Wildman–Crippen LogP) is 4.92. The van der Waals surface area contributed by atoms with Crippen molar-refractivity contribution in [2.75, 3.05) is 12.4 Å². The number of aromatic nitrogens is 5. The number of carbonyl (C=O) groups is 1. The van der Waals surface area contributed by atoms with E-state index in [4.69, 9.17) is 10.1 Å². The minimum atomic E-state index is -0.607. The summed E-state index contributed by atoms with van der Waals surface area (Å²) < 4.78 is 22.8. The standard InChI is InChI=1S/C30H24FN7O3S2/c1-41-20-11-9-18(10-12-20)13-15-38-25(32)21(16-22-26(38)33-24-8-4-5-14-37(24)28(22)40)27(39)34-29-35-36-30(43-29)42-17-19-6-2-3-7-23(19)31/h2-12,14,16,32H,13,15,17H2,1H3,(H,34,35,39). The number of pyridine rings is 2. The van der Waals surface area contributed by atoms with Crippen molar-refractivity contribution in [2.24, 2.45) is 0 Å². The predicted molar refractivity (Wildman–Crippen MR) is 163 cm³/mol. The lowest BCUT2D eigenvalue weighted by Gasteiger charge is -2.14. The van der Waals surface area contributed by atoms with E-state index in [9.17, 15) is 14.0 Å². The average molecular weight is 614 g/mol. The minimum absolute atomic E-state index is 0.00669. The topological polar surface area (TPSA) is 127 Å². The van der Waals surface area contributed by atoms with E-state index in [0.717, 1.165) is 22.6 Å². The van der Waals surface area contributed by atoms with Crippen LogP contribution in [-0.4, -0.2) is 37.2 Å². The van der Waals surface area contributed by atoms with E-state index in [1.165, 1.54) is 28.3 Å². The van der Waals surface area contributed by atoms with Crippen LogP contribution in [0.2, 0.25) is 0 Å². The lowest BCUT2D eigenvalue weighted by molar-refractivity contribution is 0.102. The maximum atomic E-state index is 14.0. The Balaban J connectivity index is 1.32. The molecule has 6 rings (SSSR count). The van der Waals surface area contributed by atoms with Gasteiger partial charge in [-0.2, -0.15) is 0 Å². The molecule has 0 aliphatic carbocycles. The van der Waals surface area contributed by atoms with Crippen LogP contribution in [0.3, 0.4) is 0 Å². The maximum Gasteiger partial charge on any atom is 0.267 e. The molecule has 0 fully saturated rings. The van der Waals surface area contributed by atoms with E-state index in [2.05, 4.69) is 20.5 Å². The van der Waals surface area contributed by atoms with Crippen LogP contribution in [0, 0.1) is 11.2 Å². The highest BCUT2D eigenvalue weighted by Crippen LogP contribution is 2.29. The van der Waals surface area contributed by atoms with Crippen LogP contribution in [0.15, 0.2) is 88.1 Å². The molecular weight excluding hydrogens is 590 g/mol. The number of nitrogens with one attached hydrogen (secondary N) is 2. The molecule has 13 heteroatoms. The van der Waals surface area contributed by atoms with Crippen LogP contribution in [-0.2, 0) is 18.7 Å². The summed E-state index contributed by atoms with van der Waals surface area (Å²) >= 11 is 2.44. The van der Waals surface area contributed by atoms with Gasteiger partial charge in [-0.15, -0.1) is 10.2 Å². The van der Waals surface area contributed by atoms with Gasteiger partial charge in [0.15, 0.2) is 4.34 Å².